The van der Waals surface area contributed by atoms with Crippen LogP contribution in [-0.2, 0) is 5.41 Å². The zero-order chi connectivity index (χ0) is 12.2. The van der Waals surface area contributed by atoms with Gasteiger partial charge in [-0.3, -0.25) is 0 Å². The second-order valence-corrected chi connectivity index (χ2v) is 6.10. The summed E-state index contributed by atoms with van der Waals surface area (Å²) >= 11 is 1.67. The van der Waals surface area contributed by atoms with Gasteiger partial charge in [0, 0.05) is 10.3 Å². The van der Waals surface area contributed by atoms with Crippen molar-refractivity contribution in [2.75, 3.05) is 0 Å². The van der Waals surface area contributed by atoms with Gasteiger partial charge in [-0.25, -0.2) is 0 Å². The Balaban J connectivity index is 2.96. The summed E-state index contributed by atoms with van der Waals surface area (Å²) in [6.07, 6.45) is 6.38. The van der Waals surface area contributed by atoms with Crippen molar-refractivity contribution in [3.63, 3.8) is 0 Å². The van der Waals surface area contributed by atoms with Crippen molar-refractivity contribution in [3.8, 4) is 0 Å². The topological polar surface area (TPSA) is 12.9 Å². The fourth-order valence-electron chi connectivity index (χ4n) is 2.46. The van der Waals surface area contributed by atoms with E-state index in [1.807, 2.05) is 0 Å². The summed E-state index contributed by atoms with van der Waals surface area (Å²) in [5.74, 6) is 0. The number of nitrogens with zero attached hydrogens (tertiary/aromatic N) is 1. The lowest BCUT2D eigenvalue weighted by atomic mass is 9.76. The minimum Gasteiger partial charge on any atom is -0.197 e. The summed E-state index contributed by atoms with van der Waals surface area (Å²) in [6.45, 7) is 11.4. The standard InChI is InChI=1S/C14H25NS/c1-6-8-10-14(5,9-7-2)13-11(3)12(4)16-15-13/h6-10H2,1-5H3. The first-order valence-corrected chi connectivity index (χ1v) is 7.26. The zero-order valence-corrected chi connectivity index (χ0v) is 12.2. The Kier molecular flexibility index (Phi) is 4.97. The molecule has 1 atom stereocenters. The summed E-state index contributed by atoms with van der Waals surface area (Å²) in [7, 11) is 0. The third-order valence-corrected chi connectivity index (χ3v) is 4.47. The Labute approximate surface area is 104 Å². The van der Waals surface area contributed by atoms with E-state index >= 15 is 0 Å². The predicted molar refractivity (Wildman–Crippen MR) is 73.4 cm³/mol. The van der Waals surface area contributed by atoms with Crippen molar-refractivity contribution >= 4 is 11.5 Å². The van der Waals surface area contributed by atoms with E-state index in [2.05, 4.69) is 34.6 Å². The van der Waals surface area contributed by atoms with E-state index < -0.39 is 0 Å². The summed E-state index contributed by atoms with van der Waals surface area (Å²) in [5.41, 5.74) is 3.10. The molecule has 1 nitrogen and oxygen atoms in total. The number of hydrogen-bond acceptors (Lipinski definition) is 2. The Hall–Kier alpha value is -0.370. The molecule has 1 aromatic rings. The number of unbranched alkanes of at least 4 members (excludes halogenated alkanes) is 1. The van der Waals surface area contributed by atoms with Crippen LogP contribution in [0.3, 0.4) is 0 Å². The second-order valence-electron chi connectivity index (χ2n) is 5.13. The quantitative estimate of drug-likeness (QED) is 0.680. The minimum atomic E-state index is 0.305. The highest BCUT2D eigenvalue weighted by Crippen LogP contribution is 2.37. The van der Waals surface area contributed by atoms with Crippen LogP contribution in [-0.4, -0.2) is 4.37 Å². The second kappa shape index (κ2) is 5.81. The predicted octanol–water partition coefficient (Wildman–Crippen LogP) is 5.01. The average molecular weight is 239 g/mol. The van der Waals surface area contributed by atoms with Crippen LogP contribution in [0.2, 0.25) is 0 Å². The van der Waals surface area contributed by atoms with Gasteiger partial charge in [0.05, 0.1) is 5.69 Å². The van der Waals surface area contributed by atoms with Crippen molar-refractivity contribution in [3.05, 3.63) is 16.1 Å². The molecule has 0 aromatic carbocycles. The van der Waals surface area contributed by atoms with Gasteiger partial charge in [-0.1, -0.05) is 40.0 Å². The van der Waals surface area contributed by atoms with Crippen LogP contribution >= 0.6 is 11.5 Å². The normalized spacial score (nSPS) is 15.1. The maximum atomic E-state index is 4.70. The van der Waals surface area contributed by atoms with E-state index in [9.17, 15) is 0 Å². The molecule has 0 N–H and O–H groups in total. The van der Waals surface area contributed by atoms with E-state index in [-0.39, 0.29) is 0 Å². The van der Waals surface area contributed by atoms with Crippen LogP contribution in [0.15, 0.2) is 0 Å². The molecule has 0 aliphatic carbocycles. The average Bonchev–Trinajstić information content (AvgIpc) is 2.58. The van der Waals surface area contributed by atoms with Crippen molar-refractivity contribution in [2.45, 2.75) is 72.1 Å². The fourth-order valence-corrected chi connectivity index (χ4v) is 3.28. The van der Waals surface area contributed by atoms with Crippen molar-refractivity contribution in [2.24, 2.45) is 0 Å². The van der Waals surface area contributed by atoms with Crippen LogP contribution in [0, 0.1) is 13.8 Å². The van der Waals surface area contributed by atoms with Gasteiger partial charge in [0.1, 0.15) is 0 Å². The van der Waals surface area contributed by atoms with Crippen LogP contribution in [0.25, 0.3) is 0 Å². The Bertz CT molecular complexity index is 329. The highest BCUT2D eigenvalue weighted by molar-refractivity contribution is 7.05. The smallest absolute Gasteiger partial charge is 0.0632 e. The number of aromatic nitrogens is 1. The van der Waals surface area contributed by atoms with E-state index in [0.717, 1.165) is 0 Å². The van der Waals surface area contributed by atoms with Crippen molar-refractivity contribution < 1.29 is 0 Å². The van der Waals surface area contributed by atoms with Gasteiger partial charge in [0.15, 0.2) is 0 Å². The molecule has 0 aliphatic heterocycles. The van der Waals surface area contributed by atoms with E-state index in [4.69, 9.17) is 4.37 Å². The lowest BCUT2D eigenvalue weighted by molar-refractivity contribution is 0.374. The minimum absolute atomic E-state index is 0.305. The largest absolute Gasteiger partial charge is 0.197 e. The molecule has 0 amide bonds. The molecule has 1 rings (SSSR count). The van der Waals surface area contributed by atoms with Crippen molar-refractivity contribution in [1.82, 2.24) is 4.37 Å². The molecule has 0 bridgehead atoms. The van der Waals surface area contributed by atoms with Crippen LogP contribution in [0.1, 0.15) is 69.0 Å². The third kappa shape index (κ3) is 2.85. The molecule has 16 heavy (non-hydrogen) atoms. The van der Waals surface area contributed by atoms with Crippen LogP contribution < -0.4 is 0 Å². The van der Waals surface area contributed by atoms with Gasteiger partial charge in [0.2, 0.25) is 0 Å². The number of hydrogen-bond donors (Lipinski definition) is 0. The van der Waals surface area contributed by atoms with Gasteiger partial charge in [-0.15, -0.1) is 0 Å². The highest BCUT2D eigenvalue weighted by Gasteiger charge is 2.29. The Morgan fingerprint density at radius 3 is 2.25 bits per heavy atom. The first kappa shape index (κ1) is 13.7. The molecule has 1 aromatic heterocycles. The molecule has 1 heterocycles. The zero-order valence-electron chi connectivity index (χ0n) is 11.4. The molecular formula is C14H25NS. The van der Waals surface area contributed by atoms with Gasteiger partial charge in [-0.05, 0) is 43.8 Å². The SMILES string of the molecule is CCCCC(C)(CCC)c1nsc(C)c1C. The van der Waals surface area contributed by atoms with E-state index in [1.54, 1.807) is 11.5 Å². The van der Waals surface area contributed by atoms with Gasteiger partial charge >= 0.3 is 0 Å². The molecule has 0 radical (unpaired) electrons. The summed E-state index contributed by atoms with van der Waals surface area (Å²) in [6, 6.07) is 0. The van der Waals surface area contributed by atoms with Crippen LogP contribution in [0.4, 0.5) is 0 Å². The number of aryl methyl sites for hydroxylation is 1. The Morgan fingerprint density at radius 1 is 1.12 bits per heavy atom. The molecule has 0 saturated carbocycles. The Morgan fingerprint density at radius 2 is 1.81 bits per heavy atom. The van der Waals surface area contributed by atoms with Crippen LogP contribution in [0.5, 0.6) is 0 Å². The molecule has 0 aliphatic rings. The monoisotopic (exact) mass is 239 g/mol. The third-order valence-electron chi connectivity index (χ3n) is 3.61. The number of rotatable bonds is 6. The molecular weight excluding hydrogens is 214 g/mol. The molecule has 1 unspecified atom stereocenters. The molecule has 2 heteroatoms. The molecule has 0 fully saturated rings. The first-order valence-electron chi connectivity index (χ1n) is 6.48. The van der Waals surface area contributed by atoms with Crippen molar-refractivity contribution in [1.29, 1.82) is 0 Å². The first-order chi connectivity index (χ1) is 7.55. The fraction of sp³-hybridized carbons (Fsp3) is 0.786. The molecule has 0 spiro atoms. The highest BCUT2D eigenvalue weighted by atomic mass is 32.1. The van der Waals surface area contributed by atoms with Gasteiger partial charge in [0.25, 0.3) is 0 Å². The van der Waals surface area contributed by atoms with Gasteiger partial charge in [-0.2, -0.15) is 4.37 Å². The molecule has 0 saturated heterocycles. The van der Waals surface area contributed by atoms with E-state index in [0.29, 0.717) is 5.41 Å². The summed E-state index contributed by atoms with van der Waals surface area (Å²) < 4.78 is 4.70. The lowest BCUT2D eigenvalue weighted by Crippen LogP contribution is -2.23. The van der Waals surface area contributed by atoms with Gasteiger partial charge < -0.3 is 0 Å². The maximum Gasteiger partial charge on any atom is 0.0632 e. The lowest BCUT2D eigenvalue weighted by Gasteiger charge is -2.28. The van der Waals surface area contributed by atoms with E-state index in [1.165, 1.54) is 48.2 Å². The maximum absolute atomic E-state index is 4.70. The summed E-state index contributed by atoms with van der Waals surface area (Å²) in [4.78, 5) is 1.38. The summed E-state index contributed by atoms with van der Waals surface area (Å²) in [5, 5.41) is 0. The molecule has 92 valence electrons.